The lowest BCUT2D eigenvalue weighted by Crippen LogP contribution is -2.32. The van der Waals surface area contributed by atoms with E-state index in [4.69, 9.17) is 10.00 Å². The van der Waals surface area contributed by atoms with Crippen molar-refractivity contribution < 1.29 is 9.84 Å². The monoisotopic (exact) mass is 323 g/mol. The molecule has 122 valence electrons. The first-order valence-corrected chi connectivity index (χ1v) is 7.58. The van der Waals surface area contributed by atoms with Gasteiger partial charge in [-0.3, -0.25) is 5.01 Å². The van der Waals surface area contributed by atoms with Crippen LogP contribution in [0.5, 0.6) is 0 Å². The molecule has 1 unspecified atom stereocenters. The molecule has 2 aromatic rings. The average Bonchev–Trinajstić information content (AvgIpc) is 3.15. The summed E-state index contributed by atoms with van der Waals surface area (Å²) in [7, 11) is 0. The normalized spacial score (nSPS) is 16.3. The number of aliphatic hydroxyl groups excluding tert-OH is 1. The van der Waals surface area contributed by atoms with Crippen molar-refractivity contribution >= 4 is 5.69 Å². The molecule has 0 saturated carbocycles. The molecule has 24 heavy (non-hydrogen) atoms. The number of ether oxygens (including phenoxy) is 1. The fraction of sp³-hybridized carbons (Fsp3) is 0.235. The van der Waals surface area contributed by atoms with Crippen molar-refractivity contribution in [3.8, 4) is 6.07 Å². The summed E-state index contributed by atoms with van der Waals surface area (Å²) in [6, 6.07) is 9.38. The van der Waals surface area contributed by atoms with Gasteiger partial charge in [-0.2, -0.15) is 5.26 Å². The van der Waals surface area contributed by atoms with Crippen molar-refractivity contribution in [1.82, 2.24) is 14.9 Å². The number of allylic oxidation sites excluding steroid dienone is 1. The van der Waals surface area contributed by atoms with Gasteiger partial charge in [-0.15, -0.1) is 10.2 Å². The summed E-state index contributed by atoms with van der Waals surface area (Å²) in [4.78, 5) is 0. The van der Waals surface area contributed by atoms with Crippen LogP contribution in [0.2, 0.25) is 0 Å². The molecule has 1 aliphatic carbocycles. The van der Waals surface area contributed by atoms with Gasteiger partial charge < -0.3 is 9.84 Å². The van der Waals surface area contributed by atoms with Gasteiger partial charge in [0.2, 0.25) is 0 Å². The van der Waals surface area contributed by atoms with Crippen LogP contribution in [0.1, 0.15) is 12.0 Å². The maximum Gasteiger partial charge on any atom is 0.139 e. The maximum atomic E-state index is 9.42. The molecule has 0 amide bonds. The van der Waals surface area contributed by atoms with E-state index in [1.807, 2.05) is 23.2 Å². The lowest BCUT2D eigenvalue weighted by Gasteiger charge is -2.25. The molecular weight excluding hydrogens is 306 g/mol. The SMILES string of the molecule is N#Cc1ccc(N(CCOC2=CCC(O)C=C2)n2cnnc2)cc1. The molecule has 1 aliphatic rings. The highest BCUT2D eigenvalue weighted by Gasteiger charge is 2.11. The molecule has 3 rings (SSSR count). The summed E-state index contributed by atoms with van der Waals surface area (Å²) >= 11 is 0. The van der Waals surface area contributed by atoms with Crippen molar-refractivity contribution in [1.29, 1.82) is 5.26 Å². The Kier molecular flexibility index (Phi) is 4.89. The molecular formula is C17H17N5O2. The smallest absolute Gasteiger partial charge is 0.139 e. The summed E-state index contributed by atoms with van der Waals surface area (Å²) in [6.45, 7) is 1.02. The van der Waals surface area contributed by atoms with Crippen LogP contribution in [0.4, 0.5) is 5.69 Å². The van der Waals surface area contributed by atoms with Crippen LogP contribution in [-0.2, 0) is 4.74 Å². The fourth-order valence-corrected chi connectivity index (χ4v) is 2.35. The number of nitrogens with zero attached hydrogens (tertiary/aromatic N) is 5. The van der Waals surface area contributed by atoms with Crippen molar-refractivity contribution in [3.63, 3.8) is 0 Å². The molecule has 0 bridgehead atoms. The molecule has 1 heterocycles. The summed E-state index contributed by atoms with van der Waals surface area (Å²) in [5, 5.41) is 28.0. The van der Waals surface area contributed by atoms with E-state index in [1.165, 1.54) is 0 Å². The summed E-state index contributed by atoms with van der Waals surface area (Å²) in [6.07, 6.45) is 8.71. The first-order valence-electron chi connectivity index (χ1n) is 7.58. The highest BCUT2D eigenvalue weighted by molar-refractivity contribution is 5.49. The summed E-state index contributed by atoms with van der Waals surface area (Å²) < 4.78 is 7.50. The van der Waals surface area contributed by atoms with Crippen molar-refractivity contribution in [2.24, 2.45) is 0 Å². The van der Waals surface area contributed by atoms with Crippen LogP contribution >= 0.6 is 0 Å². The quantitative estimate of drug-likeness (QED) is 0.869. The number of benzene rings is 1. The van der Waals surface area contributed by atoms with E-state index in [0.717, 1.165) is 11.4 Å². The van der Waals surface area contributed by atoms with Gasteiger partial charge >= 0.3 is 0 Å². The van der Waals surface area contributed by atoms with Gasteiger partial charge in [0.05, 0.1) is 30.0 Å². The third kappa shape index (κ3) is 3.80. The Bertz CT molecular complexity index is 759. The van der Waals surface area contributed by atoms with E-state index in [1.54, 1.807) is 41.6 Å². The molecule has 1 aromatic heterocycles. The first-order chi connectivity index (χ1) is 11.8. The lowest BCUT2D eigenvalue weighted by molar-refractivity contribution is 0.202. The minimum Gasteiger partial charge on any atom is -0.492 e. The molecule has 0 fully saturated rings. The summed E-state index contributed by atoms with van der Waals surface area (Å²) in [5.74, 6) is 0.754. The van der Waals surface area contributed by atoms with Crippen LogP contribution < -0.4 is 5.01 Å². The minimum absolute atomic E-state index is 0.426. The summed E-state index contributed by atoms with van der Waals surface area (Å²) in [5.41, 5.74) is 1.51. The predicted molar refractivity (Wildman–Crippen MR) is 87.7 cm³/mol. The second kappa shape index (κ2) is 7.44. The second-order valence-electron chi connectivity index (χ2n) is 5.24. The average molecular weight is 323 g/mol. The zero-order chi connectivity index (χ0) is 16.8. The van der Waals surface area contributed by atoms with Gasteiger partial charge in [0, 0.05) is 0 Å². The highest BCUT2D eigenvalue weighted by Crippen LogP contribution is 2.17. The van der Waals surface area contributed by atoms with E-state index in [-0.39, 0.29) is 0 Å². The molecule has 0 radical (unpaired) electrons. The zero-order valence-electron chi connectivity index (χ0n) is 13.0. The molecule has 1 N–H and O–H groups in total. The Hall–Kier alpha value is -3.11. The molecule has 1 aromatic carbocycles. The van der Waals surface area contributed by atoms with Gasteiger partial charge in [-0.05, 0) is 42.8 Å². The Morgan fingerprint density at radius 3 is 2.67 bits per heavy atom. The molecule has 0 aliphatic heterocycles. The van der Waals surface area contributed by atoms with Crippen LogP contribution in [0, 0.1) is 11.3 Å². The van der Waals surface area contributed by atoms with E-state index in [2.05, 4.69) is 16.3 Å². The van der Waals surface area contributed by atoms with Crippen LogP contribution in [0.25, 0.3) is 0 Å². The topological polar surface area (TPSA) is 87.2 Å². The van der Waals surface area contributed by atoms with Gasteiger partial charge in [0.1, 0.15) is 25.0 Å². The minimum atomic E-state index is -0.426. The highest BCUT2D eigenvalue weighted by atomic mass is 16.5. The van der Waals surface area contributed by atoms with Crippen molar-refractivity contribution in [2.45, 2.75) is 12.5 Å². The maximum absolute atomic E-state index is 9.42. The van der Waals surface area contributed by atoms with Crippen molar-refractivity contribution in [2.75, 3.05) is 18.2 Å². The van der Waals surface area contributed by atoms with Crippen LogP contribution in [-0.4, -0.2) is 39.2 Å². The number of aliphatic hydroxyl groups is 1. The second-order valence-corrected chi connectivity index (χ2v) is 5.24. The van der Waals surface area contributed by atoms with Gasteiger partial charge in [-0.1, -0.05) is 6.08 Å². The third-order valence-corrected chi connectivity index (χ3v) is 3.59. The predicted octanol–water partition coefficient (Wildman–Crippen LogP) is 1.64. The Morgan fingerprint density at radius 1 is 1.29 bits per heavy atom. The standard InChI is InChI=1S/C17H17N5O2/c18-11-14-1-3-15(4-2-14)22(21-12-19-20-13-21)9-10-24-17-7-5-16(23)6-8-17/h1-5,7-8,12-13,16,23H,6,9-10H2. The third-order valence-electron chi connectivity index (χ3n) is 3.59. The fourth-order valence-electron chi connectivity index (χ4n) is 2.35. The molecule has 0 saturated heterocycles. The Morgan fingerprint density at radius 2 is 2.04 bits per heavy atom. The number of hydrogen-bond donors (Lipinski definition) is 1. The first kappa shape index (κ1) is 15.8. The van der Waals surface area contributed by atoms with E-state index in [9.17, 15) is 5.11 Å². The number of anilines is 1. The largest absolute Gasteiger partial charge is 0.492 e. The van der Waals surface area contributed by atoms with Crippen LogP contribution in [0.3, 0.4) is 0 Å². The van der Waals surface area contributed by atoms with Gasteiger partial charge in [0.25, 0.3) is 0 Å². The number of aromatic nitrogens is 3. The van der Waals surface area contributed by atoms with E-state index >= 15 is 0 Å². The van der Waals surface area contributed by atoms with Gasteiger partial charge in [0.15, 0.2) is 0 Å². The van der Waals surface area contributed by atoms with Crippen molar-refractivity contribution in [3.05, 3.63) is 66.5 Å². The Labute approximate surface area is 139 Å². The zero-order valence-corrected chi connectivity index (χ0v) is 13.0. The van der Waals surface area contributed by atoms with E-state index < -0.39 is 6.10 Å². The number of rotatable bonds is 6. The van der Waals surface area contributed by atoms with Gasteiger partial charge in [-0.25, -0.2) is 4.68 Å². The molecule has 7 nitrogen and oxygen atoms in total. The number of hydrogen-bond acceptors (Lipinski definition) is 6. The Balaban J connectivity index is 1.67. The molecule has 7 heteroatoms. The molecule has 1 atom stereocenters. The van der Waals surface area contributed by atoms with Crippen LogP contribution in [0.15, 0.2) is 60.9 Å². The lowest BCUT2D eigenvalue weighted by atomic mass is 10.1. The number of nitriles is 1. The van der Waals surface area contributed by atoms with E-state index in [0.29, 0.717) is 25.1 Å². The molecule has 0 spiro atoms.